The van der Waals surface area contributed by atoms with Gasteiger partial charge in [-0.05, 0) is 43.2 Å². The molecular formula is C22H23FN4O. The lowest BCUT2D eigenvalue weighted by atomic mass is 9.76. The van der Waals surface area contributed by atoms with Crippen molar-refractivity contribution in [1.29, 1.82) is 0 Å². The summed E-state index contributed by atoms with van der Waals surface area (Å²) in [5.74, 6) is 0.558. The van der Waals surface area contributed by atoms with Crippen LogP contribution in [0.1, 0.15) is 55.2 Å². The monoisotopic (exact) mass is 378 g/mol. The average Bonchev–Trinajstić information content (AvgIpc) is 3.40. The van der Waals surface area contributed by atoms with E-state index in [0.717, 1.165) is 36.9 Å². The van der Waals surface area contributed by atoms with Crippen molar-refractivity contribution in [2.24, 2.45) is 13.0 Å². The highest BCUT2D eigenvalue weighted by molar-refractivity contribution is 5.83. The van der Waals surface area contributed by atoms with E-state index in [2.05, 4.69) is 16.3 Å². The van der Waals surface area contributed by atoms with Crippen LogP contribution in [0.2, 0.25) is 0 Å². The second-order valence-corrected chi connectivity index (χ2v) is 8.07. The van der Waals surface area contributed by atoms with Crippen LogP contribution in [0.3, 0.4) is 0 Å². The van der Waals surface area contributed by atoms with E-state index in [1.807, 2.05) is 28.6 Å². The van der Waals surface area contributed by atoms with Crippen LogP contribution < -0.4 is 0 Å². The zero-order valence-electron chi connectivity index (χ0n) is 15.9. The number of hydrogen-bond acceptors (Lipinski definition) is 3. The van der Waals surface area contributed by atoms with Crippen LogP contribution >= 0.6 is 0 Å². The Hall–Kier alpha value is -2.76. The quantitative estimate of drug-likeness (QED) is 0.682. The number of nitrogens with zero attached hydrogens (tertiary/aromatic N) is 4. The van der Waals surface area contributed by atoms with Crippen LogP contribution in [0.5, 0.6) is 0 Å². The summed E-state index contributed by atoms with van der Waals surface area (Å²) in [4.78, 5) is 17.3. The molecule has 144 valence electrons. The van der Waals surface area contributed by atoms with Crippen molar-refractivity contribution in [1.82, 2.24) is 19.3 Å². The number of rotatable bonds is 4. The van der Waals surface area contributed by atoms with Crippen LogP contribution in [0.4, 0.5) is 4.39 Å². The predicted octanol–water partition coefficient (Wildman–Crippen LogP) is 4.26. The fraction of sp³-hybridized carbons (Fsp3) is 0.409. The number of ketones is 1. The third kappa shape index (κ3) is 2.79. The van der Waals surface area contributed by atoms with Gasteiger partial charge in [0.25, 0.3) is 0 Å². The highest BCUT2D eigenvalue weighted by Gasteiger charge is 2.35. The lowest BCUT2D eigenvalue weighted by Gasteiger charge is -2.28. The zero-order valence-corrected chi connectivity index (χ0v) is 15.9. The molecule has 1 aliphatic heterocycles. The molecule has 1 unspecified atom stereocenters. The molecule has 0 saturated heterocycles. The van der Waals surface area contributed by atoms with Gasteiger partial charge in [-0.25, -0.2) is 9.37 Å². The molecule has 6 heteroatoms. The molecule has 1 saturated carbocycles. The second kappa shape index (κ2) is 6.69. The summed E-state index contributed by atoms with van der Waals surface area (Å²) in [7, 11) is 1.93. The minimum absolute atomic E-state index is 0.0655. The summed E-state index contributed by atoms with van der Waals surface area (Å²) in [6.07, 6.45) is 11.6. The van der Waals surface area contributed by atoms with Crippen LogP contribution in [0.25, 0.3) is 11.3 Å². The van der Waals surface area contributed by atoms with E-state index < -0.39 is 0 Å². The Morgan fingerprint density at radius 1 is 1.21 bits per heavy atom. The Balaban J connectivity index is 1.31. The summed E-state index contributed by atoms with van der Waals surface area (Å²) < 4.78 is 18.3. The van der Waals surface area contributed by atoms with Crippen molar-refractivity contribution in [3.8, 4) is 11.3 Å². The van der Waals surface area contributed by atoms with Crippen LogP contribution in [0, 0.1) is 11.7 Å². The molecule has 3 aromatic rings. The molecule has 2 aliphatic rings. The van der Waals surface area contributed by atoms with E-state index in [9.17, 15) is 9.18 Å². The Morgan fingerprint density at radius 3 is 2.79 bits per heavy atom. The van der Waals surface area contributed by atoms with Gasteiger partial charge in [-0.15, -0.1) is 0 Å². The van der Waals surface area contributed by atoms with Crippen molar-refractivity contribution in [2.75, 3.05) is 0 Å². The number of carbonyl (C=O) groups is 1. The van der Waals surface area contributed by atoms with Crippen LogP contribution in [0.15, 0.2) is 43.1 Å². The molecule has 0 amide bonds. The topological polar surface area (TPSA) is 52.7 Å². The number of halogens is 1. The van der Waals surface area contributed by atoms with Crippen molar-refractivity contribution in [3.63, 3.8) is 0 Å². The van der Waals surface area contributed by atoms with Gasteiger partial charge in [0.1, 0.15) is 11.6 Å². The molecule has 0 spiro atoms. The fourth-order valence-corrected chi connectivity index (χ4v) is 4.96. The predicted molar refractivity (Wildman–Crippen MR) is 103 cm³/mol. The molecule has 3 heterocycles. The maximum Gasteiger partial charge on any atom is 0.138 e. The highest BCUT2D eigenvalue weighted by atomic mass is 19.1. The van der Waals surface area contributed by atoms with E-state index in [4.69, 9.17) is 0 Å². The Kier molecular flexibility index (Phi) is 4.14. The highest BCUT2D eigenvalue weighted by Crippen LogP contribution is 2.44. The molecular weight excluding hydrogens is 355 g/mol. The van der Waals surface area contributed by atoms with Gasteiger partial charge < -0.3 is 4.57 Å². The molecule has 2 aromatic heterocycles. The lowest BCUT2D eigenvalue weighted by molar-refractivity contribution is -0.124. The van der Waals surface area contributed by atoms with Crippen molar-refractivity contribution < 1.29 is 9.18 Å². The minimum atomic E-state index is -0.280. The molecule has 0 bridgehead atoms. The standard InChI is InChI=1S/C22H23FN4O/c1-26-12-16(10-25-26)14-5-7-15(8-6-14)21(28)9-19-22-17(3-2-4-18(22)23)20-11-24-13-27(19)20/h2-4,10-15,19H,5-9H2,1H3. The van der Waals surface area contributed by atoms with Crippen LogP contribution in [-0.2, 0) is 11.8 Å². The number of Topliss-reactive ketones (excluding diaryl/α,β-unsaturated/α-hetero) is 1. The van der Waals surface area contributed by atoms with E-state index in [1.54, 1.807) is 18.6 Å². The third-order valence-electron chi connectivity index (χ3n) is 6.44. The molecule has 1 fully saturated rings. The number of carbonyl (C=O) groups excluding carboxylic acids is 1. The van der Waals surface area contributed by atoms with E-state index in [1.165, 1.54) is 11.6 Å². The normalized spacial score (nSPS) is 23.4. The van der Waals surface area contributed by atoms with Gasteiger partial charge in [0, 0.05) is 36.7 Å². The minimum Gasteiger partial charge on any atom is -0.322 e. The first-order valence-electron chi connectivity index (χ1n) is 9.93. The number of aromatic nitrogens is 4. The largest absolute Gasteiger partial charge is 0.322 e. The average molecular weight is 378 g/mol. The van der Waals surface area contributed by atoms with Gasteiger partial charge in [-0.3, -0.25) is 9.48 Å². The summed E-state index contributed by atoms with van der Waals surface area (Å²) in [6, 6.07) is 4.83. The molecule has 1 aliphatic carbocycles. The summed E-state index contributed by atoms with van der Waals surface area (Å²) >= 11 is 0. The molecule has 5 nitrogen and oxygen atoms in total. The summed E-state index contributed by atoms with van der Waals surface area (Å²) in [5.41, 5.74) is 3.66. The summed E-state index contributed by atoms with van der Waals surface area (Å²) in [6.45, 7) is 0. The first-order valence-corrected chi connectivity index (χ1v) is 9.93. The van der Waals surface area contributed by atoms with Crippen molar-refractivity contribution in [3.05, 3.63) is 60.1 Å². The fourth-order valence-electron chi connectivity index (χ4n) is 4.96. The number of fused-ring (bicyclic) bond motifs is 3. The number of aryl methyl sites for hydroxylation is 1. The Bertz CT molecular complexity index is 1030. The molecule has 1 atom stereocenters. The molecule has 0 N–H and O–H groups in total. The smallest absolute Gasteiger partial charge is 0.138 e. The van der Waals surface area contributed by atoms with Gasteiger partial charge in [0.05, 0.1) is 30.5 Å². The first kappa shape index (κ1) is 17.3. The van der Waals surface area contributed by atoms with Crippen molar-refractivity contribution in [2.45, 2.75) is 44.1 Å². The lowest BCUT2D eigenvalue weighted by Crippen LogP contribution is -2.24. The third-order valence-corrected chi connectivity index (χ3v) is 6.44. The Morgan fingerprint density at radius 2 is 2.04 bits per heavy atom. The summed E-state index contributed by atoms with van der Waals surface area (Å²) in [5, 5.41) is 4.27. The van der Waals surface area contributed by atoms with Crippen LogP contribution in [-0.4, -0.2) is 25.1 Å². The first-order chi connectivity index (χ1) is 13.6. The molecule has 5 rings (SSSR count). The zero-order chi connectivity index (χ0) is 19.3. The number of benzene rings is 1. The maximum absolute atomic E-state index is 14.6. The van der Waals surface area contributed by atoms with E-state index in [0.29, 0.717) is 17.9 Å². The maximum atomic E-state index is 14.6. The number of imidazole rings is 1. The van der Waals surface area contributed by atoms with E-state index in [-0.39, 0.29) is 23.6 Å². The molecule has 0 radical (unpaired) electrons. The van der Waals surface area contributed by atoms with Gasteiger partial charge in [0.2, 0.25) is 0 Å². The molecule has 28 heavy (non-hydrogen) atoms. The SMILES string of the molecule is Cn1cc(C2CCC(C(=O)CC3c4c(F)cccc4-c4cncn43)CC2)cn1. The van der Waals surface area contributed by atoms with Gasteiger partial charge >= 0.3 is 0 Å². The van der Waals surface area contributed by atoms with Crippen molar-refractivity contribution >= 4 is 5.78 Å². The van der Waals surface area contributed by atoms with Gasteiger partial charge in [-0.1, -0.05) is 12.1 Å². The van der Waals surface area contributed by atoms with E-state index >= 15 is 0 Å². The Labute approximate surface area is 163 Å². The molecule has 1 aromatic carbocycles. The van der Waals surface area contributed by atoms with Gasteiger partial charge in [0.15, 0.2) is 0 Å². The second-order valence-electron chi connectivity index (χ2n) is 8.07. The number of hydrogen-bond donors (Lipinski definition) is 0. The van der Waals surface area contributed by atoms with Gasteiger partial charge in [-0.2, -0.15) is 5.10 Å².